The molecule has 2 aromatic rings. The van der Waals surface area contributed by atoms with Crippen molar-refractivity contribution < 1.29 is 0 Å². The van der Waals surface area contributed by atoms with Crippen LogP contribution < -0.4 is 5.73 Å². The third kappa shape index (κ3) is 2.97. The molecular weight excluding hydrogens is 242 g/mol. The van der Waals surface area contributed by atoms with E-state index in [0.29, 0.717) is 5.13 Å². The fourth-order valence-electron chi connectivity index (χ4n) is 1.37. The lowest BCUT2D eigenvalue weighted by Gasteiger charge is -2.12. The van der Waals surface area contributed by atoms with Crippen LogP contribution in [-0.4, -0.2) is 27.1 Å². The number of rotatable bonds is 4. The maximum Gasteiger partial charge on any atom is 0.203 e. The summed E-state index contributed by atoms with van der Waals surface area (Å²) in [4.78, 5) is 6.56. The average Bonchev–Trinajstić information content (AvgIpc) is 2.76. The van der Waals surface area contributed by atoms with E-state index in [1.165, 1.54) is 11.3 Å². The third-order valence-corrected chi connectivity index (χ3v) is 3.55. The van der Waals surface area contributed by atoms with Gasteiger partial charge in [0.2, 0.25) is 5.13 Å². The lowest BCUT2D eigenvalue weighted by molar-refractivity contribution is 0.314. The average molecular weight is 255 g/mol. The minimum atomic E-state index is 0.521. The van der Waals surface area contributed by atoms with Crippen molar-refractivity contribution in [3.05, 3.63) is 21.1 Å². The minimum Gasteiger partial charge on any atom is -0.374 e. The maximum absolute atomic E-state index is 5.53. The molecule has 2 N–H and O–H groups in total. The predicted molar refractivity (Wildman–Crippen MR) is 66.3 cm³/mol. The van der Waals surface area contributed by atoms with Gasteiger partial charge in [0, 0.05) is 11.9 Å². The second-order valence-corrected chi connectivity index (χ2v) is 5.72. The molecule has 16 heavy (non-hydrogen) atoms. The molecule has 0 amide bonds. The molecular formula is C9H13N5S2. The van der Waals surface area contributed by atoms with Crippen molar-refractivity contribution in [1.82, 2.24) is 20.1 Å². The summed E-state index contributed by atoms with van der Waals surface area (Å²) in [7, 11) is 2.03. The van der Waals surface area contributed by atoms with Crippen molar-refractivity contribution in [1.29, 1.82) is 0 Å². The van der Waals surface area contributed by atoms with E-state index < -0.39 is 0 Å². The molecule has 0 aliphatic rings. The third-order valence-electron chi connectivity index (χ3n) is 1.99. The monoisotopic (exact) mass is 255 g/mol. The van der Waals surface area contributed by atoms with Gasteiger partial charge in [-0.25, -0.2) is 4.98 Å². The van der Waals surface area contributed by atoms with E-state index in [-0.39, 0.29) is 0 Å². The van der Waals surface area contributed by atoms with Crippen LogP contribution in [0.4, 0.5) is 5.13 Å². The standard InChI is InChI=1S/C9H13N5S2/c1-6-11-7(5-15-6)3-14(2)4-8-12-13-9(10)16-8/h5H,3-4H2,1-2H3,(H2,10,13). The first-order chi connectivity index (χ1) is 7.63. The van der Waals surface area contributed by atoms with Crippen LogP contribution in [0, 0.1) is 6.92 Å². The van der Waals surface area contributed by atoms with E-state index in [2.05, 4.69) is 25.5 Å². The van der Waals surface area contributed by atoms with Crippen LogP contribution in [0.5, 0.6) is 0 Å². The Bertz CT molecular complexity index is 422. The highest BCUT2D eigenvalue weighted by Crippen LogP contribution is 2.15. The lowest BCUT2D eigenvalue weighted by Crippen LogP contribution is -2.17. The van der Waals surface area contributed by atoms with Crippen molar-refractivity contribution in [2.75, 3.05) is 12.8 Å². The van der Waals surface area contributed by atoms with E-state index in [9.17, 15) is 0 Å². The van der Waals surface area contributed by atoms with Crippen molar-refractivity contribution in [3.63, 3.8) is 0 Å². The molecule has 0 aliphatic carbocycles. The summed E-state index contributed by atoms with van der Waals surface area (Å²) in [6.45, 7) is 3.59. The number of thiazole rings is 1. The molecule has 7 heteroatoms. The number of anilines is 1. The van der Waals surface area contributed by atoms with Gasteiger partial charge in [0.05, 0.1) is 17.2 Å². The lowest BCUT2D eigenvalue weighted by atomic mass is 10.4. The normalized spacial score (nSPS) is 11.2. The Morgan fingerprint density at radius 3 is 2.75 bits per heavy atom. The largest absolute Gasteiger partial charge is 0.374 e. The molecule has 0 radical (unpaired) electrons. The van der Waals surface area contributed by atoms with E-state index in [4.69, 9.17) is 5.73 Å². The number of nitrogens with zero attached hydrogens (tertiary/aromatic N) is 4. The van der Waals surface area contributed by atoms with Crippen LogP contribution in [-0.2, 0) is 13.1 Å². The summed E-state index contributed by atoms with van der Waals surface area (Å²) in [5, 5.41) is 12.4. The number of nitrogens with two attached hydrogens (primary N) is 1. The van der Waals surface area contributed by atoms with Gasteiger partial charge in [-0.05, 0) is 14.0 Å². The number of hydrogen-bond acceptors (Lipinski definition) is 7. The van der Waals surface area contributed by atoms with Gasteiger partial charge >= 0.3 is 0 Å². The predicted octanol–water partition coefficient (Wildman–Crippen LogP) is 1.52. The van der Waals surface area contributed by atoms with Crippen LogP contribution in [0.25, 0.3) is 0 Å². The van der Waals surface area contributed by atoms with Gasteiger partial charge < -0.3 is 5.73 Å². The van der Waals surface area contributed by atoms with E-state index >= 15 is 0 Å². The molecule has 86 valence electrons. The summed E-state index contributed by atoms with van der Waals surface area (Å²) in [6, 6.07) is 0. The number of aromatic nitrogens is 3. The van der Waals surface area contributed by atoms with Crippen molar-refractivity contribution in [3.8, 4) is 0 Å². The SMILES string of the molecule is Cc1nc(CN(C)Cc2nnc(N)s2)cs1. The molecule has 0 saturated carbocycles. The first-order valence-electron chi connectivity index (χ1n) is 4.81. The van der Waals surface area contributed by atoms with Crippen molar-refractivity contribution >= 4 is 27.8 Å². The smallest absolute Gasteiger partial charge is 0.203 e. The molecule has 0 aromatic carbocycles. The number of nitrogen functional groups attached to an aromatic ring is 1. The minimum absolute atomic E-state index is 0.521. The van der Waals surface area contributed by atoms with Crippen LogP contribution in [0.2, 0.25) is 0 Å². The number of hydrogen-bond donors (Lipinski definition) is 1. The molecule has 0 atom stereocenters. The highest BCUT2D eigenvalue weighted by atomic mass is 32.1. The summed E-state index contributed by atoms with van der Waals surface area (Å²) in [5.41, 5.74) is 6.63. The molecule has 2 heterocycles. The molecule has 0 bridgehead atoms. The van der Waals surface area contributed by atoms with E-state index in [1.54, 1.807) is 11.3 Å². The zero-order chi connectivity index (χ0) is 11.5. The first-order valence-corrected chi connectivity index (χ1v) is 6.50. The highest BCUT2D eigenvalue weighted by molar-refractivity contribution is 7.15. The Kier molecular flexibility index (Phi) is 3.47. The molecule has 0 saturated heterocycles. The molecule has 0 fully saturated rings. The molecule has 2 rings (SSSR count). The van der Waals surface area contributed by atoms with Gasteiger partial charge in [0.25, 0.3) is 0 Å². The zero-order valence-corrected chi connectivity index (χ0v) is 10.8. The van der Waals surface area contributed by atoms with Gasteiger partial charge in [-0.3, -0.25) is 4.90 Å². The van der Waals surface area contributed by atoms with E-state index in [1.807, 2.05) is 14.0 Å². The van der Waals surface area contributed by atoms with Crippen molar-refractivity contribution in [2.45, 2.75) is 20.0 Å². The summed E-state index contributed by atoms with van der Waals surface area (Å²) in [6.07, 6.45) is 0. The Balaban J connectivity index is 1.91. The van der Waals surface area contributed by atoms with Gasteiger partial charge in [0.1, 0.15) is 5.01 Å². The van der Waals surface area contributed by atoms with Gasteiger partial charge in [-0.1, -0.05) is 11.3 Å². The fourth-order valence-corrected chi connectivity index (χ4v) is 2.67. The van der Waals surface area contributed by atoms with Crippen LogP contribution in [0.1, 0.15) is 15.7 Å². The van der Waals surface area contributed by atoms with Crippen LogP contribution in [0.3, 0.4) is 0 Å². The summed E-state index contributed by atoms with van der Waals surface area (Å²) >= 11 is 3.10. The van der Waals surface area contributed by atoms with E-state index in [0.717, 1.165) is 28.8 Å². The Hall–Kier alpha value is -1.05. The first kappa shape index (κ1) is 11.4. The molecule has 0 aliphatic heterocycles. The summed E-state index contributed by atoms with van der Waals surface area (Å²) in [5.74, 6) is 0. The number of aryl methyl sites for hydroxylation is 1. The van der Waals surface area contributed by atoms with Gasteiger partial charge in [-0.2, -0.15) is 0 Å². The van der Waals surface area contributed by atoms with Gasteiger partial charge in [0.15, 0.2) is 0 Å². The zero-order valence-electron chi connectivity index (χ0n) is 9.17. The topological polar surface area (TPSA) is 67.9 Å². The molecule has 0 unspecified atom stereocenters. The Morgan fingerprint density at radius 2 is 2.19 bits per heavy atom. The van der Waals surface area contributed by atoms with Crippen molar-refractivity contribution in [2.24, 2.45) is 0 Å². The van der Waals surface area contributed by atoms with Crippen LogP contribution >= 0.6 is 22.7 Å². The summed E-state index contributed by atoms with van der Waals surface area (Å²) < 4.78 is 0. The molecule has 5 nitrogen and oxygen atoms in total. The molecule has 0 spiro atoms. The fraction of sp³-hybridized carbons (Fsp3) is 0.444. The highest BCUT2D eigenvalue weighted by Gasteiger charge is 2.07. The maximum atomic E-state index is 5.53. The second kappa shape index (κ2) is 4.86. The molecule has 2 aromatic heterocycles. The second-order valence-electron chi connectivity index (χ2n) is 3.56. The quantitative estimate of drug-likeness (QED) is 0.897. The Labute approximate surface area is 102 Å². The van der Waals surface area contributed by atoms with Gasteiger partial charge in [-0.15, -0.1) is 21.5 Å². The van der Waals surface area contributed by atoms with Crippen LogP contribution in [0.15, 0.2) is 5.38 Å². The Morgan fingerprint density at radius 1 is 1.38 bits per heavy atom.